The van der Waals surface area contributed by atoms with Crippen LogP contribution in [0.4, 0.5) is 5.69 Å². The largest absolute Gasteiger partial charge is 0.489 e. The zero-order chi connectivity index (χ0) is 20.1. The molecule has 0 aliphatic heterocycles. The van der Waals surface area contributed by atoms with Gasteiger partial charge in [0, 0.05) is 12.3 Å². The minimum atomic E-state index is -0.545. The summed E-state index contributed by atoms with van der Waals surface area (Å²) in [4.78, 5) is 28.4. The number of nitrogens with zero attached hydrogens (tertiary/aromatic N) is 2. The lowest BCUT2D eigenvalue weighted by molar-refractivity contribution is 0.283. The van der Waals surface area contributed by atoms with Gasteiger partial charge in [-0.05, 0) is 24.3 Å². The SMILES string of the molecule is [C-]#[N+]c1cc(Cl)c(Oc2ccccc2Cl)c(OCCn2ccc(=O)[nH]c2=O)c1. The zero-order valence-electron chi connectivity index (χ0n) is 14.3. The van der Waals surface area contributed by atoms with E-state index >= 15 is 0 Å². The summed E-state index contributed by atoms with van der Waals surface area (Å²) in [6.45, 7) is 7.43. The summed E-state index contributed by atoms with van der Waals surface area (Å²) in [7, 11) is 0. The predicted molar refractivity (Wildman–Crippen MR) is 106 cm³/mol. The molecular formula is C19H13Cl2N3O4. The van der Waals surface area contributed by atoms with Crippen molar-refractivity contribution in [3.05, 3.63) is 91.0 Å². The van der Waals surface area contributed by atoms with E-state index in [1.165, 1.54) is 29.0 Å². The van der Waals surface area contributed by atoms with Crippen molar-refractivity contribution in [2.24, 2.45) is 0 Å². The van der Waals surface area contributed by atoms with Crippen LogP contribution in [0, 0.1) is 6.57 Å². The van der Waals surface area contributed by atoms with Crippen LogP contribution in [0.15, 0.2) is 58.3 Å². The molecule has 0 saturated heterocycles. The number of para-hydroxylation sites is 1. The van der Waals surface area contributed by atoms with Gasteiger partial charge < -0.3 is 9.47 Å². The van der Waals surface area contributed by atoms with Gasteiger partial charge in [0.25, 0.3) is 5.56 Å². The zero-order valence-corrected chi connectivity index (χ0v) is 15.8. The summed E-state index contributed by atoms with van der Waals surface area (Å²) >= 11 is 12.4. The Morgan fingerprint density at radius 1 is 1.07 bits per heavy atom. The molecule has 1 aromatic heterocycles. The highest BCUT2D eigenvalue weighted by Gasteiger charge is 2.15. The molecule has 0 amide bonds. The normalized spacial score (nSPS) is 10.3. The molecule has 0 unspecified atom stereocenters. The first kappa shape index (κ1) is 19.5. The minimum absolute atomic E-state index is 0.0720. The molecule has 28 heavy (non-hydrogen) atoms. The number of aromatic amines is 1. The van der Waals surface area contributed by atoms with Crippen LogP contribution in [0.25, 0.3) is 4.85 Å². The standard InChI is InChI=1S/C19H13Cl2N3O4/c1-22-12-10-14(21)18(28-15-5-3-2-4-13(15)20)16(11-12)27-9-8-24-7-6-17(25)23-19(24)26/h2-7,10-11H,8-9H2,(H,23,25,26). The molecular weight excluding hydrogens is 405 g/mol. The van der Waals surface area contributed by atoms with Crippen LogP contribution in [0.2, 0.25) is 10.0 Å². The predicted octanol–water partition coefficient (Wildman–Crippen LogP) is 4.27. The smallest absolute Gasteiger partial charge is 0.328 e. The highest BCUT2D eigenvalue weighted by molar-refractivity contribution is 6.33. The number of hydrogen-bond donors (Lipinski definition) is 1. The second kappa shape index (κ2) is 8.65. The first-order valence-electron chi connectivity index (χ1n) is 8.04. The molecule has 0 bridgehead atoms. The lowest BCUT2D eigenvalue weighted by Gasteiger charge is -2.15. The molecule has 3 rings (SSSR count). The van der Waals surface area contributed by atoms with Crippen molar-refractivity contribution in [1.82, 2.24) is 9.55 Å². The molecule has 7 nitrogen and oxygen atoms in total. The van der Waals surface area contributed by atoms with Crippen LogP contribution in [0.5, 0.6) is 17.2 Å². The van der Waals surface area contributed by atoms with Gasteiger partial charge in [0.05, 0.1) is 23.2 Å². The number of halogens is 2. The van der Waals surface area contributed by atoms with Crippen LogP contribution in [0.3, 0.4) is 0 Å². The molecule has 0 fully saturated rings. The van der Waals surface area contributed by atoms with Gasteiger partial charge in [0.1, 0.15) is 12.4 Å². The molecule has 2 aromatic carbocycles. The van der Waals surface area contributed by atoms with E-state index < -0.39 is 11.2 Å². The molecule has 0 aliphatic rings. The van der Waals surface area contributed by atoms with Gasteiger partial charge in [-0.3, -0.25) is 14.3 Å². The van der Waals surface area contributed by atoms with Crippen molar-refractivity contribution in [2.45, 2.75) is 6.54 Å². The third-order valence-corrected chi connectivity index (χ3v) is 4.25. The van der Waals surface area contributed by atoms with Crippen molar-refractivity contribution in [2.75, 3.05) is 6.61 Å². The molecule has 0 radical (unpaired) electrons. The maximum absolute atomic E-state index is 11.7. The first-order chi connectivity index (χ1) is 13.5. The van der Waals surface area contributed by atoms with E-state index in [2.05, 4.69) is 9.83 Å². The van der Waals surface area contributed by atoms with Crippen LogP contribution < -0.4 is 20.7 Å². The van der Waals surface area contributed by atoms with Gasteiger partial charge in [0.15, 0.2) is 17.2 Å². The Kier molecular flexibility index (Phi) is 6.04. The Hall–Kier alpha value is -3.21. The highest BCUT2D eigenvalue weighted by Crippen LogP contribution is 2.43. The number of aromatic nitrogens is 2. The molecule has 0 aliphatic carbocycles. The van der Waals surface area contributed by atoms with E-state index in [1.807, 2.05) is 0 Å². The van der Waals surface area contributed by atoms with E-state index in [4.69, 9.17) is 39.2 Å². The minimum Gasteiger partial charge on any atom is -0.489 e. The van der Waals surface area contributed by atoms with Crippen molar-refractivity contribution < 1.29 is 9.47 Å². The molecule has 0 atom stereocenters. The van der Waals surface area contributed by atoms with Crippen LogP contribution in [-0.4, -0.2) is 16.2 Å². The quantitative estimate of drug-likeness (QED) is 0.607. The fraction of sp³-hybridized carbons (Fsp3) is 0.105. The number of H-pyrrole nitrogens is 1. The summed E-state index contributed by atoms with van der Waals surface area (Å²) in [5.74, 6) is 0.815. The van der Waals surface area contributed by atoms with E-state index in [0.29, 0.717) is 10.8 Å². The number of ether oxygens (including phenoxy) is 2. The van der Waals surface area contributed by atoms with Gasteiger partial charge in [-0.25, -0.2) is 9.64 Å². The van der Waals surface area contributed by atoms with Crippen molar-refractivity contribution in [3.63, 3.8) is 0 Å². The van der Waals surface area contributed by atoms with E-state index in [0.717, 1.165) is 0 Å². The van der Waals surface area contributed by atoms with Crippen molar-refractivity contribution in [1.29, 1.82) is 0 Å². The monoisotopic (exact) mass is 417 g/mol. The molecule has 1 N–H and O–H groups in total. The van der Waals surface area contributed by atoms with Crippen LogP contribution in [0.1, 0.15) is 0 Å². The van der Waals surface area contributed by atoms with Gasteiger partial charge >= 0.3 is 5.69 Å². The van der Waals surface area contributed by atoms with Crippen LogP contribution in [-0.2, 0) is 6.54 Å². The third kappa shape index (κ3) is 4.55. The van der Waals surface area contributed by atoms with Gasteiger partial charge in [-0.2, -0.15) is 0 Å². The summed E-state index contributed by atoms with van der Waals surface area (Å²) in [6, 6.07) is 11.0. The average molecular weight is 418 g/mol. The first-order valence-corrected chi connectivity index (χ1v) is 8.79. The Morgan fingerprint density at radius 2 is 1.86 bits per heavy atom. The van der Waals surface area contributed by atoms with Gasteiger partial charge in [0.2, 0.25) is 0 Å². The second-order valence-electron chi connectivity index (χ2n) is 5.55. The molecule has 1 heterocycles. The van der Waals surface area contributed by atoms with Crippen LogP contribution >= 0.6 is 23.2 Å². The molecule has 0 spiro atoms. The van der Waals surface area contributed by atoms with Gasteiger partial charge in [-0.15, -0.1) is 0 Å². The Bertz CT molecular complexity index is 1160. The second-order valence-corrected chi connectivity index (χ2v) is 6.37. The van der Waals surface area contributed by atoms with E-state index in [9.17, 15) is 9.59 Å². The fourth-order valence-electron chi connectivity index (χ4n) is 2.34. The highest BCUT2D eigenvalue weighted by atomic mass is 35.5. The summed E-state index contributed by atoms with van der Waals surface area (Å²) in [5, 5.41) is 0.572. The lowest BCUT2D eigenvalue weighted by Crippen LogP contribution is -2.30. The number of nitrogens with one attached hydrogen (secondary N) is 1. The lowest BCUT2D eigenvalue weighted by atomic mass is 10.2. The third-order valence-electron chi connectivity index (χ3n) is 3.66. The summed E-state index contributed by atoms with van der Waals surface area (Å²) < 4.78 is 12.8. The van der Waals surface area contributed by atoms with Crippen molar-refractivity contribution >= 4 is 28.9 Å². The van der Waals surface area contributed by atoms with E-state index in [1.54, 1.807) is 24.3 Å². The average Bonchev–Trinajstić information content (AvgIpc) is 2.67. The maximum atomic E-state index is 11.7. The van der Waals surface area contributed by atoms with E-state index in [-0.39, 0.29) is 35.4 Å². The molecule has 142 valence electrons. The fourth-order valence-corrected chi connectivity index (χ4v) is 2.75. The number of benzene rings is 2. The molecule has 9 heteroatoms. The maximum Gasteiger partial charge on any atom is 0.328 e. The Labute approximate surface area is 169 Å². The summed E-state index contributed by atoms with van der Waals surface area (Å²) in [5.41, 5.74) is -0.751. The Morgan fingerprint density at radius 3 is 2.57 bits per heavy atom. The van der Waals surface area contributed by atoms with Gasteiger partial charge in [-0.1, -0.05) is 35.3 Å². The molecule has 3 aromatic rings. The number of rotatable bonds is 6. The summed E-state index contributed by atoms with van der Waals surface area (Å²) in [6.07, 6.45) is 1.37. The number of hydrogen-bond acceptors (Lipinski definition) is 4. The molecule has 0 saturated carbocycles. The van der Waals surface area contributed by atoms with Crippen molar-refractivity contribution in [3.8, 4) is 17.2 Å². The Balaban J connectivity index is 1.85. The topological polar surface area (TPSA) is 77.7 Å².